The number of likely N-dealkylation sites (tertiary alicyclic amines) is 1. The van der Waals surface area contributed by atoms with E-state index < -0.39 is 11.6 Å². The minimum atomic E-state index is -0.763. The molecule has 0 spiro atoms. The molecule has 2 rings (SSSR count). The van der Waals surface area contributed by atoms with E-state index in [9.17, 15) is 9.59 Å². The quantitative estimate of drug-likeness (QED) is 0.750. The van der Waals surface area contributed by atoms with Gasteiger partial charge in [-0.3, -0.25) is 9.59 Å². The van der Waals surface area contributed by atoms with Crippen molar-refractivity contribution in [2.24, 2.45) is 16.1 Å². The Hall–Kier alpha value is -1.90. The zero-order valence-electron chi connectivity index (χ0n) is 11.4. The minimum Gasteiger partial charge on any atom is -0.481 e. The standard InChI is InChI=1S/C14H19N3O3/c1-2-3-7-14(15-16-14)8-4-12(18)17-9-5-11(6-10-17)13(19)20/h1,11H,3-10H2,(H,19,20). The Labute approximate surface area is 118 Å². The van der Waals surface area contributed by atoms with Crippen LogP contribution >= 0.6 is 0 Å². The first kappa shape index (κ1) is 14.5. The van der Waals surface area contributed by atoms with E-state index in [1.807, 2.05) is 0 Å². The molecule has 0 atom stereocenters. The summed E-state index contributed by atoms with van der Waals surface area (Å²) in [5, 5.41) is 16.9. The molecule has 6 heteroatoms. The first-order valence-corrected chi connectivity index (χ1v) is 6.94. The van der Waals surface area contributed by atoms with Gasteiger partial charge in [0.15, 0.2) is 5.66 Å². The number of piperidine rings is 1. The summed E-state index contributed by atoms with van der Waals surface area (Å²) < 4.78 is 0. The third-order valence-corrected chi connectivity index (χ3v) is 3.99. The Morgan fingerprint density at radius 2 is 1.95 bits per heavy atom. The molecule has 0 bridgehead atoms. The lowest BCUT2D eigenvalue weighted by Gasteiger charge is -2.30. The minimum absolute atomic E-state index is 0.0613. The highest BCUT2D eigenvalue weighted by Crippen LogP contribution is 2.37. The molecule has 1 saturated heterocycles. The summed E-state index contributed by atoms with van der Waals surface area (Å²) in [5.41, 5.74) is -0.415. The maximum absolute atomic E-state index is 12.1. The number of terminal acetylenes is 1. The van der Waals surface area contributed by atoms with Gasteiger partial charge in [-0.05, 0) is 12.8 Å². The van der Waals surface area contributed by atoms with Crippen molar-refractivity contribution >= 4 is 11.9 Å². The maximum Gasteiger partial charge on any atom is 0.306 e. The third kappa shape index (κ3) is 3.56. The fraction of sp³-hybridized carbons (Fsp3) is 0.714. The second kappa shape index (κ2) is 6.04. The molecule has 1 N–H and O–H groups in total. The van der Waals surface area contributed by atoms with E-state index in [1.165, 1.54) is 0 Å². The molecule has 0 aromatic heterocycles. The summed E-state index contributed by atoms with van der Waals surface area (Å²) in [5.74, 6) is 1.55. The van der Waals surface area contributed by atoms with Crippen molar-refractivity contribution in [1.82, 2.24) is 4.90 Å². The fourth-order valence-corrected chi connectivity index (χ4v) is 2.51. The average molecular weight is 277 g/mol. The number of carboxylic acid groups (broad SMARTS) is 1. The van der Waals surface area contributed by atoms with Crippen molar-refractivity contribution in [3.63, 3.8) is 0 Å². The van der Waals surface area contributed by atoms with Gasteiger partial charge < -0.3 is 10.0 Å². The van der Waals surface area contributed by atoms with Gasteiger partial charge in [0, 0.05) is 38.8 Å². The lowest BCUT2D eigenvalue weighted by atomic mass is 9.96. The van der Waals surface area contributed by atoms with Crippen LogP contribution in [-0.4, -0.2) is 40.6 Å². The van der Waals surface area contributed by atoms with Crippen molar-refractivity contribution < 1.29 is 14.7 Å². The Morgan fingerprint density at radius 3 is 2.45 bits per heavy atom. The molecule has 0 unspecified atom stereocenters. The lowest BCUT2D eigenvalue weighted by molar-refractivity contribution is -0.145. The normalized spacial score (nSPS) is 20.4. The number of nitrogens with zero attached hydrogens (tertiary/aromatic N) is 3. The second-order valence-electron chi connectivity index (χ2n) is 5.38. The topological polar surface area (TPSA) is 82.3 Å². The molecule has 0 radical (unpaired) electrons. The van der Waals surface area contributed by atoms with Crippen LogP contribution in [0.2, 0.25) is 0 Å². The molecule has 2 aliphatic heterocycles. The highest BCUT2D eigenvalue weighted by Gasteiger charge is 2.39. The molecule has 2 aliphatic rings. The van der Waals surface area contributed by atoms with Gasteiger partial charge in [-0.15, -0.1) is 12.3 Å². The van der Waals surface area contributed by atoms with Crippen molar-refractivity contribution in [1.29, 1.82) is 0 Å². The Balaban J connectivity index is 1.71. The van der Waals surface area contributed by atoms with Crippen LogP contribution < -0.4 is 0 Å². The van der Waals surface area contributed by atoms with E-state index >= 15 is 0 Å². The molecule has 0 aromatic carbocycles. The molecular weight excluding hydrogens is 258 g/mol. The van der Waals surface area contributed by atoms with Gasteiger partial charge in [0.05, 0.1) is 5.92 Å². The summed E-state index contributed by atoms with van der Waals surface area (Å²) in [7, 11) is 0. The predicted octanol–water partition coefficient (Wildman–Crippen LogP) is 1.67. The highest BCUT2D eigenvalue weighted by atomic mass is 16.4. The molecule has 20 heavy (non-hydrogen) atoms. The predicted molar refractivity (Wildman–Crippen MR) is 71.8 cm³/mol. The SMILES string of the molecule is C#CCCC1(CCC(=O)N2CCC(C(=O)O)CC2)N=N1. The van der Waals surface area contributed by atoms with Gasteiger partial charge in [0.2, 0.25) is 5.91 Å². The van der Waals surface area contributed by atoms with Crippen molar-refractivity contribution in [3.05, 3.63) is 0 Å². The highest BCUT2D eigenvalue weighted by molar-refractivity contribution is 5.77. The molecule has 2 heterocycles. The molecule has 108 valence electrons. The van der Waals surface area contributed by atoms with Crippen molar-refractivity contribution in [2.75, 3.05) is 13.1 Å². The van der Waals surface area contributed by atoms with Gasteiger partial charge in [-0.1, -0.05) is 0 Å². The van der Waals surface area contributed by atoms with Gasteiger partial charge in [-0.25, -0.2) is 0 Å². The Kier molecular flexibility index (Phi) is 4.38. The van der Waals surface area contributed by atoms with Crippen LogP contribution in [0.3, 0.4) is 0 Å². The molecule has 6 nitrogen and oxygen atoms in total. The van der Waals surface area contributed by atoms with Gasteiger partial charge in [0.25, 0.3) is 0 Å². The van der Waals surface area contributed by atoms with Crippen LogP contribution in [0.1, 0.15) is 38.5 Å². The zero-order chi connectivity index (χ0) is 14.6. The molecule has 1 fully saturated rings. The van der Waals surface area contributed by atoms with Crippen LogP contribution in [0.15, 0.2) is 10.2 Å². The van der Waals surface area contributed by atoms with E-state index in [-0.39, 0.29) is 11.8 Å². The van der Waals surface area contributed by atoms with Gasteiger partial charge in [0.1, 0.15) is 0 Å². The second-order valence-corrected chi connectivity index (χ2v) is 5.38. The van der Waals surface area contributed by atoms with E-state index in [0.717, 1.165) is 0 Å². The van der Waals surface area contributed by atoms with Crippen LogP contribution in [0.4, 0.5) is 0 Å². The smallest absolute Gasteiger partial charge is 0.306 e. The van der Waals surface area contributed by atoms with Gasteiger partial charge >= 0.3 is 5.97 Å². The number of hydrogen-bond acceptors (Lipinski definition) is 4. The third-order valence-electron chi connectivity index (χ3n) is 3.99. The average Bonchev–Trinajstić information content (AvgIpc) is 3.23. The number of aliphatic carboxylic acids is 1. The summed E-state index contributed by atoms with van der Waals surface area (Å²) in [6, 6.07) is 0. The number of amides is 1. The summed E-state index contributed by atoms with van der Waals surface area (Å²) >= 11 is 0. The first-order valence-electron chi connectivity index (χ1n) is 6.94. The van der Waals surface area contributed by atoms with E-state index in [1.54, 1.807) is 4.90 Å². The zero-order valence-corrected chi connectivity index (χ0v) is 11.4. The molecule has 0 aromatic rings. The lowest BCUT2D eigenvalue weighted by Crippen LogP contribution is -2.40. The summed E-state index contributed by atoms with van der Waals surface area (Å²) in [4.78, 5) is 24.7. The number of rotatable bonds is 6. The summed E-state index contributed by atoms with van der Waals surface area (Å²) in [6.45, 7) is 1.06. The van der Waals surface area contributed by atoms with Crippen LogP contribution in [0.5, 0.6) is 0 Å². The maximum atomic E-state index is 12.1. The molecule has 1 amide bonds. The molecule has 0 saturated carbocycles. The van der Waals surface area contributed by atoms with Gasteiger partial charge in [-0.2, -0.15) is 10.2 Å². The Morgan fingerprint density at radius 1 is 1.30 bits per heavy atom. The number of carboxylic acids is 1. The number of hydrogen-bond donors (Lipinski definition) is 1. The summed E-state index contributed by atoms with van der Waals surface area (Å²) in [6.07, 6.45) is 8.62. The number of carbonyl (C=O) groups excluding carboxylic acids is 1. The Bertz CT molecular complexity index is 453. The van der Waals surface area contributed by atoms with Crippen LogP contribution in [-0.2, 0) is 9.59 Å². The number of carbonyl (C=O) groups is 2. The monoisotopic (exact) mass is 277 g/mol. The first-order chi connectivity index (χ1) is 9.56. The van der Waals surface area contributed by atoms with E-state index in [2.05, 4.69) is 16.1 Å². The molecular formula is C14H19N3O3. The van der Waals surface area contributed by atoms with Crippen LogP contribution in [0, 0.1) is 18.3 Å². The van der Waals surface area contributed by atoms with E-state index in [0.29, 0.717) is 51.6 Å². The van der Waals surface area contributed by atoms with Crippen molar-refractivity contribution in [2.45, 2.75) is 44.2 Å². The largest absolute Gasteiger partial charge is 0.481 e. The van der Waals surface area contributed by atoms with Crippen LogP contribution in [0.25, 0.3) is 0 Å². The van der Waals surface area contributed by atoms with Crippen molar-refractivity contribution in [3.8, 4) is 12.3 Å². The van der Waals surface area contributed by atoms with E-state index in [4.69, 9.17) is 11.5 Å². The fourth-order valence-electron chi connectivity index (χ4n) is 2.51. The molecule has 0 aliphatic carbocycles.